The van der Waals surface area contributed by atoms with Crippen molar-refractivity contribution in [3.63, 3.8) is 0 Å². The SMILES string of the molecule is Cc1ccc(Cl)cc1N(Cc1ccc(C(=O)NCc2ccc(Cl)cc2Cl)cc1)S(=O)(=O)c1ccccc1. The van der Waals surface area contributed by atoms with E-state index in [9.17, 15) is 13.2 Å². The number of aryl methyl sites for hydroxylation is 1. The molecule has 9 heteroatoms. The van der Waals surface area contributed by atoms with Crippen LogP contribution in [0.15, 0.2) is 95.9 Å². The van der Waals surface area contributed by atoms with Gasteiger partial charge in [0.15, 0.2) is 0 Å². The lowest BCUT2D eigenvalue weighted by molar-refractivity contribution is 0.0951. The first kappa shape index (κ1) is 27.0. The molecule has 0 aromatic heterocycles. The molecule has 0 atom stereocenters. The van der Waals surface area contributed by atoms with Gasteiger partial charge >= 0.3 is 0 Å². The molecule has 4 aromatic rings. The quantitative estimate of drug-likeness (QED) is 0.241. The van der Waals surface area contributed by atoms with Crippen molar-refractivity contribution in [1.29, 1.82) is 0 Å². The Morgan fingerprint density at radius 1 is 0.838 bits per heavy atom. The van der Waals surface area contributed by atoms with Gasteiger partial charge in [-0.1, -0.05) is 77.3 Å². The number of hydrogen-bond acceptors (Lipinski definition) is 3. The molecule has 0 saturated carbocycles. The number of carbonyl (C=O) groups excluding carboxylic acids is 1. The zero-order valence-electron chi connectivity index (χ0n) is 19.8. The molecular weight excluding hydrogens is 551 g/mol. The standard InChI is InChI=1S/C28H23Cl3N2O3S/c1-19-7-13-24(30)16-27(19)33(37(35,36)25-5-3-2-4-6-25)18-20-8-10-21(11-9-20)28(34)32-17-22-12-14-23(29)15-26(22)31/h2-16H,17-18H2,1H3,(H,32,34). The molecule has 0 spiro atoms. The number of nitrogens with zero attached hydrogens (tertiary/aromatic N) is 1. The van der Waals surface area contributed by atoms with Gasteiger partial charge in [0, 0.05) is 27.2 Å². The highest BCUT2D eigenvalue weighted by Gasteiger charge is 2.26. The van der Waals surface area contributed by atoms with Crippen molar-refractivity contribution in [2.45, 2.75) is 24.9 Å². The van der Waals surface area contributed by atoms with Gasteiger partial charge in [0.1, 0.15) is 0 Å². The Hall–Kier alpha value is -3.03. The molecule has 1 amide bonds. The molecule has 0 heterocycles. The van der Waals surface area contributed by atoms with Gasteiger partial charge in [-0.15, -0.1) is 0 Å². The van der Waals surface area contributed by atoms with E-state index in [-0.39, 0.29) is 23.9 Å². The number of hydrogen-bond donors (Lipinski definition) is 1. The minimum atomic E-state index is -3.89. The Bertz CT molecular complexity index is 1530. The lowest BCUT2D eigenvalue weighted by Crippen LogP contribution is -2.31. The second-order valence-corrected chi connectivity index (χ2v) is 11.5. The predicted octanol–water partition coefficient (Wildman–Crippen LogP) is 7.28. The molecule has 0 aliphatic carbocycles. The fourth-order valence-corrected chi connectivity index (χ4v) is 5.91. The normalized spacial score (nSPS) is 11.2. The maximum atomic E-state index is 13.6. The van der Waals surface area contributed by atoms with Gasteiger partial charge < -0.3 is 5.32 Å². The van der Waals surface area contributed by atoms with Gasteiger partial charge in [0.2, 0.25) is 0 Å². The molecule has 4 rings (SSSR count). The van der Waals surface area contributed by atoms with E-state index >= 15 is 0 Å². The number of sulfonamides is 1. The van der Waals surface area contributed by atoms with E-state index in [2.05, 4.69) is 5.32 Å². The number of nitrogens with one attached hydrogen (secondary N) is 1. The molecule has 0 radical (unpaired) electrons. The Morgan fingerprint density at radius 2 is 1.49 bits per heavy atom. The van der Waals surface area contributed by atoms with E-state index < -0.39 is 10.0 Å². The highest BCUT2D eigenvalue weighted by molar-refractivity contribution is 7.92. The Kier molecular flexibility index (Phi) is 8.45. The van der Waals surface area contributed by atoms with Crippen LogP contribution in [0.1, 0.15) is 27.0 Å². The van der Waals surface area contributed by atoms with E-state index in [1.165, 1.54) is 4.31 Å². The molecule has 0 aliphatic rings. The first-order chi connectivity index (χ1) is 17.6. The first-order valence-electron chi connectivity index (χ1n) is 11.3. The second-order valence-electron chi connectivity index (χ2n) is 8.37. The molecule has 4 aromatic carbocycles. The summed E-state index contributed by atoms with van der Waals surface area (Å²) >= 11 is 18.3. The van der Waals surface area contributed by atoms with Crippen LogP contribution in [0.4, 0.5) is 5.69 Å². The summed E-state index contributed by atoms with van der Waals surface area (Å²) in [5.74, 6) is -0.281. The highest BCUT2D eigenvalue weighted by Crippen LogP contribution is 2.31. The molecule has 190 valence electrons. The lowest BCUT2D eigenvalue weighted by Gasteiger charge is -2.26. The summed E-state index contributed by atoms with van der Waals surface area (Å²) in [5.41, 5.74) is 3.13. The van der Waals surface area contributed by atoms with Gasteiger partial charge in [-0.25, -0.2) is 8.42 Å². The molecule has 5 nitrogen and oxygen atoms in total. The van der Waals surface area contributed by atoms with Gasteiger partial charge in [-0.05, 0) is 72.1 Å². The van der Waals surface area contributed by atoms with Crippen molar-refractivity contribution in [2.24, 2.45) is 0 Å². The zero-order chi connectivity index (χ0) is 26.6. The second kappa shape index (κ2) is 11.6. The summed E-state index contributed by atoms with van der Waals surface area (Å²) in [4.78, 5) is 12.8. The average Bonchev–Trinajstić information content (AvgIpc) is 2.89. The van der Waals surface area contributed by atoms with Gasteiger partial charge in [-0.2, -0.15) is 0 Å². The first-order valence-corrected chi connectivity index (χ1v) is 13.9. The van der Waals surface area contributed by atoms with E-state index in [4.69, 9.17) is 34.8 Å². The van der Waals surface area contributed by atoms with Crippen LogP contribution in [-0.2, 0) is 23.1 Å². The number of amides is 1. The van der Waals surface area contributed by atoms with E-state index in [1.54, 1.807) is 91.0 Å². The van der Waals surface area contributed by atoms with Gasteiger partial charge in [-0.3, -0.25) is 9.10 Å². The number of halogens is 3. The van der Waals surface area contributed by atoms with Crippen molar-refractivity contribution in [3.05, 3.63) is 128 Å². The molecule has 0 fully saturated rings. The van der Waals surface area contributed by atoms with Crippen LogP contribution >= 0.6 is 34.8 Å². The third-order valence-corrected chi connectivity index (χ3v) is 8.36. The monoisotopic (exact) mass is 572 g/mol. The number of rotatable bonds is 8. The highest BCUT2D eigenvalue weighted by atomic mass is 35.5. The van der Waals surface area contributed by atoms with Crippen LogP contribution in [0.3, 0.4) is 0 Å². The topological polar surface area (TPSA) is 66.5 Å². The van der Waals surface area contributed by atoms with Crippen molar-refractivity contribution >= 4 is 56.4 Å². The number of carbonyl (C=O) groups is 1. The average molecular weight is 574 g/mol. The van der Waals surface area contributed by atoms with Crippen LogP contribution in [0, 0.1) is 6.92 Å². The van der Waals surface area contributed by atoms with Crippen molar-refractivity contribution < 1.29 is 13.2 Å². The van der Waals surface area contributed by atoms with Crippen LogP contribution in [0.5, 0.6) is 0 Å². The Labute approximate surface area is 231 Å². The van der Waals surface area contributed by atoms with Crippen LogP contribution in [0.2, 0.25) is 15.1 Å². The van der Waals surface area contributed by atoms with E-state index in [1.807, 2.05) is 6.92 Å². The largest absolute Gasteiger partial charge is 0.348 e. The van der Waals surface area contributed by atoms with E-state index in [0.717, 1.165) is 11.1 Å². The summed E-state index contributed by atoms with van der Waals surface area (Å²) in [7, 11) is -3.89. The zero-order valence-corrected chi connectivity index (χ0v) is 22.9. The third-order valence-electron chi connectivity index (χ3n) is 5.77. The van der Waals surface area contributed by atoms with Crippen molar-refractivity contribution in [2.75, 3.05) is 4.31 Å². The maximum absolute atomic E-state index is 13.6. The summed E-state index contributed by atoms with van der Waals surface area (Å²) in [6, 6.07) is 25.3. The lowest BCUT2D eigenvalue weighted by atomic mass is 10.1. The van der Waals surface area contributed by atoms with E-state index in [0.29, 0.717) is 31.9 Å². The van der Waals surface area contributed by atoms with Crippen molar-refractivity contribution in [1.82, 2.24) is 5.32 Å². The summed E-state index contributed by atoms with van der Waals surface area (Å²) in [6.45, 7) is 2.13. The number of anilines is 1. The van der Waals surface area contributed by atoms with Crippen LogP contribution in [-0.4, -0.2) is 14.3 Å². The van der Waals surface area contributed by atoms with Gasteiger partial charge in [0.25, 0.3) is 15.9 Å². The third kappa shape index (κ3) is 6.46. The summed E-state index contributed by atoms with van der Waals surface area (Å²) < 4.78 is 28.6. The minimum absolute atomic E-state index is 0.0562. The van der Waals surface area contributed by atoms with Crippen molar-refractivity contribution in [3.8, 4) is 0 Å². The maximum Gasteiger partial charge on any atom is 0.264 e. The van der Waals surface area contributed by atoms with Crippen LogP contribution in [0.25, 0.3) is 0 Å². The molecule has 1 N–H and O–H groups in total. The van der Waals surface area contributed by atoms with Crippen LogP contribution < -0.4 is 9.62 Å². The molecular formula is C28H23Cl3N2O3S. The molecule has 0 unspecified atom stereocenters. The molecule has 0 aliphatic heterocycles. The van der Waals surface area contributed by atoms with Gasteiger partial charge in [0.05, 0.1) is 17.1 Å². The predicted molar refractivity (Wildman–Crippen MR) is 150 cm³/mol. The molecule has 0 bridgehead atoms. The minimum Gasteiger partial charge on any atom is -0.348 e. The fourth-order valence-electron chi connectivity index (χ4n) is 3.74. The Balaban J connectivity index is 1.57. The summed E-state index contributed by atoms with van der Waals surface area (Å²) in [6.07, 6.45) is 0. The molecule has 0 saturated heterocycles. The fraction of sp³-hybridized carbons (Fsp3) is 0.107. The number of benzene rings is 4. The Morgan fingerprint density at radius 3 is 2.16 bits per heavy atom. The summed E-state index contributed by atoms with van der Waals surface area (Å²) in [5, 5.41) is 4.26. The molecule has 37 heavy (non-hydrogen) atoms. The smallest absolute Gasteiger partial charge is 0.264 e.